The normalized spacial score (nSPS) is 21.0. The van der Waals surface area contributed by atoms with E-state index in [1.165, 1.54) is 6.07 Å². The number of hydrogen-bond acceptors (Lipinski definition) is 3. The summed E-state index contributed by atoms with van der Waals surface area (Å²) < 4.78 is 21.7. The van der Waals surface area contributed by atoms with Gasteiger partial charge in [-0.3, -0.25) is 0 Å². The minimum atomic E-state index is -0.222. The number of thiophene rings is 1. The van der Waals surface area contributed by atoms with Crippen LogP contribution in [0.2, 0.25) is 0 Å². The molecule has 0 saturated heterocycles. The molecule has 1 aromatic carbocycles. The lowest BCUT2D eigenvalue weighted by Crippen LogP contribution is -2.28. The zero-order valence-electron chi connectivity index (χ0n) is 11.3. The summed E-state index contributed by atoms with van der Waals surface area (Å²) in [6, 6.07) is 6.93. The van der Waals surface area contributed by atoms with Crippen molar-refractivity contribution in [3.8, 4) is 5.75 Å². The Labute approximate surface area is 144 Å². The Kier molecular flexibility index (Phi) is 4.69. The third kappa shape index (κ3) is 3.18. The molecule has 0 bridgehead atoms. The number of hydrogen-bond donors (Lipinski definition) is 1. The van der Waals surface area contributed by atoms with E-state index in [0.717, 1.165) is 37.4 Å². The third-order valence-electron chi connectivity index (χ3n) is 3.50. The first-order valence-corrected chi connectivity index (χ1v) is 9.13. The molecule has 21 heavy (non-hydrogen) atoms. The lowest BCUT2D eigenvalue weighted by atomic mass is 9.95. The molecule has 0 amide bonds. The number of fused-ring (bicyclic) bond motifs is 1. The molecular formula is C15H14Br2FNOS. The molecule has 0 radical (unpaired) electrons. The molecule has 1 N–H and O–H groups in total. The molecular weight excluding hydrogens is 421 g/mol. The van der Waals surface area contributed by atoms with E-state index in [1.54, 1.807) is 23.5 Å². The van der Waals surface area contributed by atoms with E-state index in [2.05, 4.69) is 50.2 Å². The summed E-state index contributed by atoms with van der Waals surface area (Å²) in [5.74, 6) is 0.541. The molecule has 2 nitrogen and oxygen atoms in total. The van der Waals surface area contributed by atoms with Crippen LogP contribution in [0.1, 0.15) is 35.9 Å². The van der Waals surface area contributed by atoms with Gasteiger partial charge in [0, 0.05) is 27.4 Å². The first kappa shape index (κ1) is 15.5. The van der Waals surface area contributed by atoms with Crippen molar-refractivity contribution in [2.75, 3.05) is 6.54 Å². The van der Waals surface area contributed by atoms with Crippen molar-refractivity contribution in [1.29, 1.82) is 0 Å². The van der Waals surface area contributed by atoms with Gasteiger partial charge in [0.1, 0.15) is 17.7 Å². The Balaban J connectivity index is 1.95. The van der Waals surface area contributed by atoms with E-state index in [1.807, 2.05) is 0 Å². The van der Waals surface area contributed by atoms with Crippen LogP contribution in [0.4, 0.5) is 4.39 Å². The summed E-state index contributed by atoms with van der Waals surface area (Å²) in [5.41, 5.74) is 0.905. The molecule has 0 fully saturated rings. The predicted molar refractivity (Wildman–Crippen MR) is 90.5 cm³/mol. The van der Waals surface area contributed by atoms with Gasteiger partial charge in [0.25, 0.3) is 0 Å². The van der Waals surface area contributed by atoms with Crippen LogP contribution in [0.25, 0.3) is 0 Å². The highest BCUT2D eigenvalue weighted by atomic mass is 79.9. The van der Waals surface area contributed by atoms with E-state index in [9.17, 15) is 4.39 Å². The average Bonchev–Trinajstić information content (AvgIpc) is 2.79. The Morgan fingerprint density at radius 1 is 1.38 bits per heavy atom. The topological polar surface area (TPSA) is 21.3 Å². The highest BCUT2D eigenvalue weighted by molar-refractivity contribution is 9.13. The van der Waals surface area contributed by atoms with Crippen LogP contribution in [-0.2, 0) is 0 Å². The summed E-state index contributed by atoms with van der Waals surface area (Å²) in [6.45, 7) is 2.90. The van der Waals surface area contributed by atoms with Gasteiger partial charge in [-0.15, -0.1) is 11.3 Å². The second-order valence-electron chi connectivity index (χ2n) is 4.91. The van der Waals surface area contributed by atoms with Crippen molar-refractivity contribution in [3.63, 3.8) is 0 Å². The van der Waals surface area contributed by atoms with Crippen LogP contribution >= 0.6 is 43.2 Å². The van der Waals surface area contributed by atoms with Crippen molar-refractivity contribution in [2.24, 2.45) is 0 Å². The summed E-state index contributed by atoms with van der Waals surface area (Å²) in [4.78, 5) is 1.16. The van der Waals surface area contributed by atoms with Gasteiger partial charge in [0.2, 0.25) is 0 Å². The molecule has 1 aliphatic heterocycles. The average molecular weight is 435 g/mol. The monoisotopic (exact) mass is 433 g/mol. The van der Waals surface area contributed by atoms with Crippen LogP contribution in [0.15, 0.2) is 32.5 Å². The first-order valence-electron chi connectivity index (χ1n) is 6.72. The second kappa shape index (κ2) is 6.36. The van der Waals surface area contributed by atoms with Gasteiger partial charge < -0.3 is 10.1 Å². The Bertz CT molecular complexity index is 642. The van der Waals surface area contributed by atoms with Gasteiger partial charge >= 0.3 is 0 Å². The summed E-state index contributed by atoms with van der Waals surface area (Å²) in [7, 11) is 0. The van der Waals surface area contributed by atoms with Gasteiger partial charge in [-0.1, -0.05) is 6.92 Å². The van der Waals surface area contributed by atoms with Crippen LogP contribution in [0.3, 0.4) is 0 Å². The quantitative estimate of drug-likeness (QED) is 0.680. The molecule has 2 heterocycles. The molecule has 112 valence electrons. The highest BCUT2D eigenvalue weighted by Crippen LogP contribution is 2.45. The summed E-state index contributed by atoms with van der Waals surface area (Å²) in [6.07, 6.45) is 0.781. The largest absolute Gasteiger partial charge is 0.484 e. The molecule has 0 spiro atoms. The van der Waals surface area contributed by atoms with Crippen molar-refractivity contribution in [3.05, 3.63) is 48.8 Å². The van der Waals surface area contributed by atoms with E-state index >= 15 is 0 Å². The van der Waals surface area contributed by atoms with Gasteiger partial charge in [0.05, 0.1) is 3.79 Å². The molecule has 2 unspecified atom stereocenters. The van der Waals surface area contributed by atoms with E-state index in [-0.39, 0.29) is 18.0 Å². The fourth-order valence-corrected chi connectivity index (χ4v) is 4.71. The molecule has 2 atom stereocenters. The second-order valence-corrected chi connectivity index (χ2v) is 8.16. The third-order valence-corrected chi connectivity index (χ3v) is 6.85. The molecule has 0 aliphatic carbocycles. The van der Waals surface area contributed by atoms with Crippen LogP contribution in [0.5, 0.6) is 5.75 Å². The Morgan fingerprint density at radius 2 is 2.19 bits per heavy atom. The molecule has 3 rings (SSSR count). The number of halogens is 3. The SMILES string of the molecule is CCNC1CC(c2cc(Br)c(Br)s2)Oc2ccc(F)cc21. The number of benzene rings is 1. The maximum Gasteiger partial charge on any atom is 0.135 e. The zero-order chi connectivity index (χ0) is 15.0. The molecule has 1 aliphatic rings. The minimum Gasteiger partial charge on any atom is -0.484 e. The van der Waals surface area contributed by atoms with Crippen LogP contribution in [-0.4, -0.2) is 6.54 Å². The van der Waals surface area contributed by atoms with Gasteiger partial charge in [-0.05, 0) is 62.7 Å². The predicted octanol–water partition coefficient (Wildman–Crippen LogP) is 5.59. The number of ether oxygens (including phenoxy) is 1. The fourth-order valence-electron chi connectivity index (χ4n) is 2.58. The van der Waals surface area contributed by atoms with E-state index in [0.29, 0.717) is 0 Å². The van der Waals surface area contributed by atoms with Crippen molar-refractivity contribution in [2.45, 2.75) is 25.5 Å². The Morgan fingerprint density at radius 3 is 2.86 bits per heavy atom. The van der Waals surface area contributed by atoms with Crippen molar-refractivity contribution < 1.29 is 9.13 Å². The van der Waals surface area contributed by atoms with Crippen LogP contribution < -0.4 is 10.1 Å². The lowest BCUT2D eigenvalue weighted by molar-refractivity contribution is 0.155. The minimum absolute atomic E-state index is 0.0142. The van der Waals surface area contributed by atoms with Crippen LogP contribution in [0, 0.1) is 5.82 Å². The van der Waals surface area contributed by atoms with Gasteiger partial charge in [-0.25, -0.2) is 4.39 Å². The Hall–Kier alpha value is -0.430. The van der Waals surface area contributed by atoms with Crippen molar-refractivity contribution >= 4 is 43.2 Å². The molecule has 0 saturated carbocycles. The van der Waals surface area contributed by atoms with Gasteiger partial charge in [-0.2, -0.15) is 0 Å². The van der Waals surface area contributed by atoms with E-state index in [4.69, 9.17) is 4.74 Å². The molecule has 2 aromatic rings. The smallest absolute Gasteiger partial charge is 0.135 e. The maximum absolute atomic E-state index is 13.5. The molecule has 6 heteroatoms. The summed E-state index contributed by atoms with van der Waals surface area (Å²) >= 11 is 8.69. The zero-order valence-corrected chi connectivity index (χ0v) is 15.3. The van der Waals surface area contributed by atoms with Gasteiger partial charge in [0.15, 0.2) is 0 Å². The first-order chi connectivity index (χ1) is 10.1. The summed E-state index contributed by atoms with van der Waals surface area (Å²) in [5, 5.41) is 3.42. The fraction of sp³-hybridized carbons (Fsp3) is 0.333. The molecule has 1 aromatic heterocycles. The maximum atomic E-state index is 13.5. The highest BCUT2D eigenvalue weighted by Gasteiger charge is 2.30. The van der Waals surface area contributed by atoms with E-state index < -0.39 is 0 Å². The van der Waals surface area contributed by atoms with Crippen molar-refractivity contribution in [1.82, 2.24) is 5.32 Å². The lowest BCUT2D eigenvalue weighted by Gasteiger charge is -2.32. The standard InChI is InChI=1S/C15H14Br2FNOS/c1-2-19-11-7-13(14-6-10(16)15(17)21-14)20-12-4-3-8(18)5-9(11)12/h3-6,11,13,19H,2,7H2,1H3. The number of rotatable bonds is 3. The number of nitrogens with one attached hydrogen (secondary N) is 1.